The molecule has 0 aromatic heterocycles. The Morgan fingerprint density at radius 1 is 1.20 bits per heavy atom. The number of likely N-dealkylation sites (tertiary alicyclic amines) is 1. The van der Waals surface area contributed by atoms with Gasteiger partial charge >= 0.3 is 5.97 Å². The number of hydrogen-bond donors (Lipinski definition) is 2. The smallest absolute Gasteiger partial charge is 0.311 e. The molecule has 192 valence electrons. The fraction of sp³-hybridized carbons (Fsp3) is 0.667. The van der Waals surface area contributed by atoms with E-state index >= 15 is 0 Å². The van der Waals surface area contributed by atoms with E-state index in [-0.39, 0.29) is 31.0 Å². The minimum Gasteiger partial charge on any atom is -0.466 e. The monoisotopic (exact) mass is 502 g/mol. The number of amides is 2. The van der Waals surface area contributed by atoms with Gasteiger partial charge in [-0.2, -0.15) is 0 Å². The van der Waals surface area contributed by atoms with Crippen LogP contribution in [0, 0.1) is 25.7 Å². The van der Waals surface area contributed by atoms with Crippen molar-refractivity contribution in [3.05, 3.63) is 29.3 Å². The van der Waals surface area contributed by atoms with E-state index < -0.39 is 27.4 Å². The van der Waals surface area contributed by atoms with E-state index in [0.29, 0.717) is 6.54 Å². The van der Waals surface area contributed by atoms with Crippen LogP contribution in [-0.2, 0) is 19.1 Å². The molecule has 2 unspecified atom stereocenters. The zero-order chi connectivity index (χ0) is 25.4. The molecule has 1 spiro atoms. The lowest BCUT2D eigenvalue weighted by Crippen LogP contribution is -2.51. The standard InChI is InChI=1S/C27H38N2O5S/c1-5-34-25(33)21-20-24(32)29(14-8-6-7-9-15-30)22(27(20)13-12-26(21,4)35-27)23(31)28-19-16-17(2)10-11-18(19)3/h10-11,16,20-22,30H,5-9,12-15H2,1-4H3,(H,28,31)/t20-,21-,22?,26+,27?/m0/s1. The van der Waals surface area contributed by atoms with Crippen LogP contribution in [0.2, 0.25) is 0 Å². The van der Waals surface area contributed by atoms with Crippen LogP contribution in [0.5, 0.6) is 0 Å². The van der Waals surface area contributed by atoms with Crippen LogP contribution >= 0.6 is 11.8 Å². The molecule has 0 radical (unpaired) electrons. The van der Waals surface area contributed by atoms with E-state index in [0.717, 1.165) is 55.3 Å². The first-order valence-corrected chi connectivity index (χ1v) is 13.7. The molecule has 2 amide bonds. The number of unbranched alkanes of at least 4 members (excludes halogenated alkanes) is 3. The van der Waals surface area contributed by atoms with Crippen molar-refractivity contribution >= 4 is 35.2 Å². The summed E-state index contributed by atoms with van der Waals surface area (Å²) in [5, 5.41) is 12.2. The number of esters is 1. The lowest BCUT2D eigenvalue weighted by Gasteiger charge is -2.34. The van der Waals surface area contributed by atoms with Gasteiger partial charge in [0.15, 0.2) is 0 Å². The Balaban J connectivity index is 1.67. The van der Waals surface area contributed by atoms with Gasteiger partial charge < -0.3 is 20.1 Å². The highest BCUT2D eigenvalue weighted by Gasteiger charge is 2.77. The lowest BCUT2D eigenvalue weighted by molar-refractivity contribution is -0.155. The average Bonchev–Trinajstić information content (AvgIpc) is 3.37. The number of nitrogens with one attached hydrogen (secondary N) is 1. The molecule has 1 aromatic rings. The number of carbonyl (C=O) groups excluding carboxylic acids is 3. The Bertz CT molecular complexity index is 1000. The molecule has 3 aliphatic heterocycles. The molecule has 0 aliphatic carbocycles. The molecule has 2 N–H and O–H groups in total. The highest BCUT2D eigenvalue weighted by atomic mass is 32.2. The summed E-state index contributed by atoms with van der Waals surface area (Å²) in [6.07, 6.45) is 4.75. The Kier molecular flexibility index (Phi) is 7.53. The Morgan fingerprint density at radius 3 is 2.66 bits per heavy atom. The highest BCUT2D eigenvalue weighted by Crippen LogP contribution is 2.71. The van der Waals surface area contributed by atoms with Crippen LogP contribution < -0.4 is 5.32 Å². The summed E-state index contributed by atoms with van der Waals surface area (Å²) in [5.41, 5.74) is 2.78. The molecule has 1 aromatic carbocycles. The maximum Gasteiger partial charge on any atom is 0.311 e. The number of aliphatic hydroxyl groups is 1. The summed E-state index contributed by atoms with van der Waals surface area (Å²) in [6.45, 7) is 8.69. The normalized spacial score (nSPS) is 31.1. The molecule has 35 heavy (non-hydrogen) atoms. The van der Waals surface area contributed by atoms with Crippen LogP contribution in [0.25, 0.3) is 0 Å². The van der Waals surface area contributed by atoms with Gasteiger partial charge in [0, 0.05) is 23.6 Å². The van der Waals surface area contributed by atoms with Crippen molar-refractivity contribution in [2.45, 2.75) is 81.8 Å². The van der Waals surface area contributed by atoms with Crippen LogP contribution in [0.15, 0.2) is 18.2 Å². The summed E-state index contributed by atoms with van der Waals surface area (Å²) in [5.74, 6) is -1.67. The number of benzene rings is 1. The number of hydrogen-bond acceptors (Lipinski definition) is 6. The molecule has 0 saturated carbocycles. The van der Waals surface area contributed by atoms with E-state index in [1.807, 2.05) is 32.0 Å². The van der Waals surface area contributed by atoms with Crippen LogP contribution in [0.3, 0.4) is 0 Å². The van der Waals surface area contributed by atoms with Gasteiger partial charge in [0.1, 0.15) is 6.04 Å². The molecule has 3 saturated heterocycles. The summed E-state index contributed by atoms with van der Waals surface area (Å²) in [4.78, 5) is 42.7. The largest absolute Gasteiger partial charge is 0.466 e. The second kappa shape index (κ2) is 10.1. The average molecular weight is 503 g/mol. The molecule has 3 heterocycles. The number of nitrogens with zero attached hydrogens (tertiary/aromatic N) is 1. The first-order chi connectivity index (χ1) is 16.7. The zero-order valence-corrected chi connectivity index (χ0v) is 22.1. The number of aliphatic hydroxyl groups excluding tert-OH is 1. The Morgan fingerprint density at radius 2 is 1.94 bits per heavy atom. The number of anilines is 1. The number of aryl methyl sites for hydroxylation is 2. The molecule has 4 rings (SSSR count). The molecule has 5 atom stereocenters. The van der Waals surface area contributed by atoms with Crippen molar-refractivity contribution in [3.8, 4) is 0 Å². The maximum absolute atomic E-state index is 13.9. The van der Waals surface area contributed by atoms with Crippen molar-refractivity contribution in [3.63, 3.8) is 0 Å². The van der Waals surface area contributed by atoms with Gasteiger partial charge in [-0.15, -0.1) is 11.8 Å². The maximum atomic E-state index is 13.9. The summed E-state index contributed by atoms with van der Waals surface area (Å²) in [6, 6.07) is 5.32. The second-order valence-electron chi connectivity index (χ2n) is 10.5. The Hall–Kier alpha value is -2.06. The van der Waals surface area contributed by atoms with E-state index in [1.165, 1.54) is 0 Å². The van der Waals surface area contributed by atoms with Crippen LogP contribution in [0.1, 0.15) is 63.5 Å². The molecule has 3 fully saturated rings. The lowest BCUT2D eigenvalue weighted by atomic mass is 9.66. The molecule has 8 heteroatoms. The van der Waals surface area contributed by atoms with E-state index in [2.05, 4.69) is 12.2 Å². The first-order valence-electron chi connectivity index (χ1n) is 12.8. The topological polar surface area (TPSA) is 95.9 Å². The van der Waals surface area contributed by atoms with Gasteiger partial charge in [0.05, 0.1) is 23.2 Å². The predicted octanol–water partition coefficient (Wildman–Crippen LogP) is 3.84. The fourth-order valence-electron chi connectivity index (χ4n) is 6.38. The van der Waals surface area contributed by atoms with Gasteiger partial charge in [-0.3, -0.25) is 14.4 Å². The summed E-state index contributed by atoms with van der Waals surface area (Å²) in [7, 11) is 0. The molecule has 2 bridgehead atoms. The summed E-state index contributed by atoms with van der Waals surface area (Å²) >= 11 is 1.67. The number of carbonyl (C=O) groups is 3. The number of ether oxygens (including phenoxy) is 1. The summed E-state index contributed by atoms with van der Waals surface area (Å²) < 4.78 is 4.40. The van der Waals surface area contributed by atoms with Crippen molar-refractivity contribution < 1.29 is 24.2 Å². The molecular weight excluding hydrogens is 464 g/mol. The van der Waals surface area contributed by atoms with Gasteiger partial charge in [-0.05, 0) is 70.6 Å². The third-order valence-electron chi connectivity index (χ3n) is 8.02. The quantitative estimate of drug-likeness (QED) is 0.373. The number of rotatable bonds is 10. The first kappa shape index (κ1) is 26.0. The highest BCUT2D eigenvalue weighted by molar-refractivity contribution is 8.02. The van der Waals surface area contributed by atoms with Crippen LogP contribution in [-0.4, -0.2) is 63.1 Å². The van der Waals surface area contributed by atoms with E-state index in [4.69, 9.17) is 9.84 Å². The third kappa shape index (κ3) is 4.48. The van der Waals surface area contributed by atoms with E-state index in [1.54, 1.807) is 23.6 Å². The molecular formula is C27H38N2O5S. The van der Waals surface area contributed by atoms with Crippen molar-refractivity contribution in [2.24, 2.45) is 11.8 Å². The molecule has 7 nitrogen and oxygen atoms in total. The number of fused-ring (bicyclic) bond motifs is 1. The van der Waals surface area contributed by atoms with Gasteiger partial charge in [0.2, 0.25) is 11.8 Å². The van der Waals surface area contributed by atoms with Crippen molar-refractivity contribution in [2.75, 3.05) is 25.1 Å². The predicted molar refractivity (Wildman–Crippen MR) is 137 cm³/mol. The van der Waals surface area contributed by atoms with Crippen molar-refractivity contribution in [1.29, 1.82) is 0 Å². The zero-order valence-electron chi connectivity index (χ0n) is 21.3. The third-order valence-corrected chi connectivity index (χ3v) is 10.0. The SMILES string of the molecule is CCOC(=O)[C@@H]1[C@H]2C(=O)N(CCCCCCO)C(C(=O)Nc3cc(C)ccc3C)C23CC[C@@]1(C)S3. The van der Waals surface area contributed by atoms with Crippen molar-refractivity contribution in [1.82, 2.24) is 4.90 Å². The second-order valence-corrected chi connectivity index (χ2v) is 12.4. The fourth-order valence-corrected chi connectivity index (χ4v) is 8.72. The minimum absolute atomic E-state index is 0.0951. The van der Waals surface area contributed by atoms with Gasteiger partial charge in [-0.1, -0.05) is 25.0 Å². The van der Waals surface area contributed by atoms with Gasteiger partial charge in [0.25, 0.3) is 0 Å². The van der Waals surface area contributed by atoms with Gasteiger partial charge in [-0.25, -0.2) is 0 Å². The number of thioether (sulfide) groups is 1. The Labute approximate surface area is 212 Å². The van der Waals surface area contributed by atoms with Crippen LogP contribution in [0.4, 0.5) is 5.69 Å². The molecule has 3 aliphatic rings. The van der Waals surface area contributed by atoms with E-state index in [9.17, 15) is 14.4 Å². The minimum atomic E-state index is -0.635.